The maximum Gasteiger partial charge on any atom is 0.0381 e. The number of nitrogens with zero attached hydrogens (tertiary/aromatic N) is 2. The second-order valence-electron chi connectivity index (χ2n) is 26.8. The van der Waals surface area contributed by atoms with Crippen molar-refractivity contribution in [3.05, 3.63) is 173 Å². The van der Waals surface area contributed by atoms with Crippen LogP contribution in [0, 0.1) is 43.2 Å². The summed E-state index contributed by atoms with van der Waals surface area (Å²) in [4.78, 5) is 22.8. The van der Waals surface area contributed by atoms with E-state index >= 15 is 0 Å². The summed E-state index contributed by atoms with van der Waals surface area (Å²) in [7, 11) is 0. The Morgan fingerprint density at radius 2 is 1.05 bits per heavy atom. The summed E-state index contributed by atoms with van der Waals surface area (Å²) in [6.07, 6.45) is 9.91. The number of benzene rings is 6. The number of aliphatic hydroxyl groups excluding tert-OH is 1. The van der Waals surface area contributed by atoms with Crippen LogP contribution in [0.3, 0.4) is 0 Å². The van der Waals surface area contributed by atoms with Crippen LogP contribution in [0.5, 0.6) is 0 Å². The van der Waals surface area contributed by atoms with Gasteiger partial charge in [0.05, 0.1) is 5.76 Å². The molecule has 0 amide bonds. The van der Waals surface area contributed by atoms with Gasteiger partial charge in [-0.2, -0.15) is 0 Å². The van der Waals surface area contributed by atoms with Crippen LogP contribution in [0.15, 0.2) is 133 Å². The number of allylic oxidation sites excluding steroid dienone is 2. The van der Waals surface area contributed by atoms with Gasteiger partial charge >= 0.3 is 172 Å². The maximum absolute atomic E-state index is 11.7. The quantitative estimate of drug-likeness (QED) is 0.0573. The molecule has 0 saturated carbocycles. The van der Waals surface area contributed by atoms with E-state index in [0.717, 1.165) is 65.4 Å². The maximum atomic E-state index is 11.7. The molecule has 0 bridgehead atoms. The topological polar surface area (TPSA) is 63.1 Å². The molecule has 0 unspecified atom stereocenters. The summed E-state index contributed by atoms with van der Waals surface area (Å²) in [5.41, 5.74) is 12.8. The number of ketones is 1. The number of aliphatic hydroxyl groups is 1. The van der Waals surface area contributed by atoms with Crippen molar-refractivity contribution in [2.45, 2.75) is 164 Å². The molecule has 83 heavy (non-hydrogen) atoms. The first kappa shape index (κ1) is 65.3. The molecular weight excluding hydrogens is 1290 g/mol. The third-order valence-electron chi connectivity index (χ3n) is 16.3. The summed E-state index contributed by atoms with van der Waals surface area (Å²) in [5, 5.41) is 18.5. The number of hydrogen-bond donors (Lipinski definition) is 1. The molecule has 1 N–H and O–H groups in total. The van der Waals surface area contributed by atoms with Gasteiger partial charge in [0.25, 0.3) is 0 Å². The van der Waals surface area contributed by atoms with Crippen molar-refractivity contribution in [1.29, 1.82) is 0 Å². The normalized spacial score (nSPS) is 12.5. The molecule has 4 aromatic heterocycles. The number of hydrogen-bond acceptors (Lipinski definition) is 6. The molecule has 0 fully saturated rings. The van der Waals surface area contributed by atoms with Gasteiger partial charge in [0, 0.05) is 64.7 Å². The number of aryl methyl sites for hydroxylation is 2. The van der Waals surface area contributed by atoms with Gasteiger partial charge in [0.2, 0.25) is 0 Å². The zero-order valence-electron chi connectivity index (χ0n) is 52.7. The van der Waals surface area contributed by atoms with Gasteiger partial charge < -0.3 is 5.11 Å². The van der Waals surface area contributed by atoms with Crippen molar-refractivity contribution in [3.63, 3.8) is 0 Å². The van der Waals surface area contributed by atoms with Gasteiger partial charge in [-0.25, -0.2) is 0 Å². The molecule has 4 nitrogen and oxygen atoms in total. The van der Waals surface area contributed by atoms with E-state index in [0.29, 0.717) is 0 Å². The molecular formula is C75H88GeIrN2O2S2-2. The van der Waals surface area contributed by atoms with E-state index in [-0.39, 0.29) is 59.7 Å². The summed E-state index contributed by atoms with van der Waals surface area (Å²) in [6.45, 7) is 33.2. The van der Waals surface area contributed by atoms with Crippen LogP contribution < -0.4 is 4.40 Å². The Morgan fingerprint density at radius 3 is 1.52 bits per heavy atom. The van der Waals surface area contributed by atoms with Crippen LogP contribution in [0.25, 0.3) is 84.8 Å². The standard InChI is InChI=1S/C31H32GeNS.C31H32NS.C13H24O2.Ir/c1-20-25-16-17-33-28(23-18-22-10-8-9-11-26(22)27(19-23)31(2,3)4)30(25)34-29(20)21-12-14-24(15-13-21)32(5,6)7;1-19-21(18-30(2,3)4)12-13-24-25-14-15-32-27(29(25)33-28(19)24)22-16-20-10-8-9-11-23(20)26(17-22)31(5,6)7;1-5-10(6-2)12(14)9-13(15)11(7-3)8-4;/h8-17,19H,1-7H3;8-15,17H,18H2,1-7H3;9-11,14H,5-8H2,1-4H3;/q2*-1;;/b;;12-9-;. The largest absolute Gasteiger partial charge is 0.294 e. The average Bonchev–Trinajstić information content (AvgIpc) is 3.73. The Kier molecular flexibility index (Phi) is 20.9. The Labute approximate surface area is 521 Å². The summed E-state index contributed by atoms with van der Waals surface area (Å²) in [6, 6.07) is 47.5. The van der Waals surface area contributed by atoms with Gasteiger partial charge in [-0.05, 0) is 72.4 Å². The van der Waals surface area contributed by atoms with Crippen molar-refractivity contribution in [1.82, 2.24) is 9.97 Å². The molecule has 6 aromatic carbocycles. The molecule has 0 aliphatic carbocycles. The van der Waals surface area contributed by atoms with E-state index in [9.17, 15) is 9.90 Å². The van der Waals surface area contributed by atoms with E-state index in [2.05, 4.69) is 215 Å². The van der Waals surface area contributed by atoms with Crippen LogP contribution >= 0.6 is 22.7 Å². The minimum atomic E-state index is -1.82. The summed E-state index contributed by atoms with van der Waals surface area (Å²) < 4.78 is 5.44. The van der Waals surface area contributed by atoms with Crippen LogP contribution in [0.4, 0.5) is 0 Å². The number of fused-ring (bicyclic) bond motifs is 6. The number of rotatable bonds is 12. The van der Waals surface area contributed by atoms with Crippen LogP contribution in [0.2, 0.25) is 17.3 Å². The second kappa shape index (κ2) is 26.5. The Bertz CT molecular complexity index is 3940. The molecule has 4 heterocycles. The number of carbonyl (C=O) groups excluding carboxylic acids is 1. The molecule has 0 aliphatic heterocycles. The van der Waals surface area contributed by atoms with Crippen molar-refractivity contribution < 1.29 is 30.0 Å². The van der Waals surface area contributed by atoms with Gasteiger partial charge in [-0.1, -0.05) is 149 Å². The molecule has 0 atom stereocenters. The Morgan fingerprint density at radius 1 is 0.578 bits per heavy atom. The van der Waals surface area contributed by atoms with E-state index in [4.69, 9.17) is 9.97 Å². The predicted molar refractivity (Wildman–Crippen MR) is 363 cm³/mol. The van der Waals surface area contributed by atoms with Crippen LogP contribution in [-0.4, -0.2) is 34.1 Å². The third-order valence-corrected chi connectivity index (χ3v) is 23.3. The first-order valence-electron chi connectivity index (χ1n) is 29.8. The molecule has 0 aliphatic rings. The van der Waals surface area contributed by atoms with E-state index in [1.807, 2.05) is 62.8 Å². The smallest absolute Gasteiger partial charge is 0.0381 e. The zero-order chi connectivity index (χ0) is 59.6. The Balaban J connectivity index is 0.000000192. The second-order valence-corrected chi connectivity index (χ2v) is 39.5. The van der Waals surface area contributed by atoms with Crippen molar-refractivity contribution >= 4 is 97.9 Å². The predicted octanol–water partition coefficient (Wildman–Crippen LogP) is 21.9. The van der Waals surface area contributed by atoms with E-state index in [1.165, 1.54) is 85.4 Å². The summed E-state index contributed by atoms with van der Waals surface area (Å²) in [5.74, 6) is 7.89. The van der Waals surface area contributed by atoms with Crippen LogP contribution in [-0.2, 0) is 42.2 Å². The van der Waals surface area contributed by atoms with Crippen LogP contribution in [0.1, 0.15) is 144 Å². The van der Waals surface area contributed by atoms with Gasteiger partial charge in [-0.15, -0.1) is 40.5 Å². The van der Waals surface area contributed by atoms with Crippen molar-refractivity contribution in [2.24, 2.45) is 17.3 Å². The minimum absolute atomic E-state index is 0. The first-order chi connectivity index (χ1) is 38.7. The monoisotopic (exact) mass is 1380 g/mol. The molecule has 8 heteroatoms. The first-order valence-corrected chi connectivity index (χ1v) is 38.8. The Hall–Kier alpha value is -5.28. The van der Waals surface area contributed by atoms with E-state index < -0.39 is 13.3 Å². The number of pyridine rings is 2. The minimum Gasteiger partial charge on any atom is -0.294 e. The fourth-order valence-corrected chi connectivity index (χ4v) is 16.5. The third kappa shape index (κ3) is 14.7. The van der Waals surface area contributed by atoms with Gasteiger partial charge in [-0.3, -0.25) is 9.78 Å². The van der Waals surface area contributed by atoms with Gasteiger partial charge in [0.15, 0.2) is 5.78 Å². The van der Waals surface area contributed by atoms with Crippen molar-refractivity contribution in [3.8, 4) is 33.0 Å². The summed E-state index contributed by atoms with van der Waals surface area (Å²) >= 11 is 1.93. The molecule has 0 saturated heterocycles. The zero-order valence-corrected chi connectivity index (χ0v) is 58.8. The molecule has 1 radical (unpaired) electrons. The SMILES string of the molecule is CCC(CC)C(=O)/C=C(\O)C(CC)CC.Cc1c(-c2cc[c]([Ge]([CH3])([CH3])[CH3])cc2)sc2c(-c3[c-]c4ccccc4c(C(C)(C)C)c3)nccc12.Cc1c(CC(C)(C)C)ccc2c1sc1c(-c3[c-]c4ccccc4c(C(C)(C)C)c3)nccc12.[Ir]. The molecule has 10 aromatic rings. The molecule has 437 valence electrons. The number of aromatic nitrogens is 2. The fourth-order valence-electron chi connectivity index (χ4n) is 11.4. The average molecular weight is 1380 g/mol. The van der Waals surface area contributed by atoms with E-state index in [1.54, 1.807) is 4.40 Å². The number of carbonyl (C=O) groups is 1. The molecule has 0 spiro atoms. The fraction of sp³-hybridized carbons (Fsp3) is 0.373. The number of thiophene rings is 2. The van der Waals surface area contributed by atoms with Crippen molar-refractivity contribution in [2.75, 3.05) is 0 Å². The van der Waals surface area contributed by atoms with Gasteiger partial charge in [0.1, 0.15) is 0 Å². The molecule has 10 rings (SSSR count).